The van der Waals surface area contributed by atoms with E-state index in [9.17, 15) is 9.59 Å². The number of aromatic carboxylic acids is 1. The van der Waals surface area contributed by atoms with Crippen molar-refractivity contribution in [2.75, 3.05) is 0 Å². The number of carbonyl (C=O) groups excluding carboxylic acids is 1. The normalized spacial score (nSPS) is 11.3. The summed E-state index contributed by atoms with van der Waals surface area (Å²) in [6.45, 7) is 5.07. The summed E-state index contributed by atoms with van der Waals surface area (Å²) in [4.78, 5) is 45.5. The third-order valence-corrected chi connectivity index (χ3v) is 5.94. The molecule has 0 spiro atoms. The van der Waals surface area contributed by atoms with E-state index >= 15 is 0 Å². The third-order valence-electron chi connectivity index (χ3n) is 3.60. The van der Waals surface area contributed by atoms with Gasteiger partial charge in [0.15, 0.2) is 22.8 Å². The molecule has 0 aliphatic rings. The lowest BCUT2D eigenvalue weighted by Gasteiger charge is -1.95. The lowest BCUT2D eigenvalue weighted by Crippen LogP contribution is -2.01. The molecule has 0 saturated heterocycles. The van der Waals surface area contributed by atoms with E-state index in [1.165, 1.54) is 29.6 Å². The molecule has 0 amide bonds. The Morgan fingerprint density at radius 3 is 1.52 bits per heavy atom. The van der Waals surface area contributed by atoms with E-state index in [2.05, 4.69) is 86.8 Å². The van der Waals surface area contributed by atoms with Gasteiger partial charge >= 0.3 is 5.97 Å². The molecule has 21 nitrogen and oxygen atoms in total. The Hall–Kier alpha value is -4.45. The van der Waals surface area contributed by atoms with Gasteiger partial charge in [-0.2, -0.15) is 15.5 Å². The van der Waals surface area contributed by atoms with Crippen LogP contribution in [0.15, 0.2) is 56.9 Å². The molecule has 0 aliphatic heterocycles. The minimum absolute atomic E-state index is 0. The quantitative estimate of drug-likeness (QED) is 0.0838. The Morgan fingerprint density at radius 1 is 0.714 bits per heavy atom. The van der Waals surface area contributed by atoms with Gasteiger partial charge in [0.2, 0.25) is 10.6 Å². The summed E-state index contributed by atoms with van der Waals surface area (Å²) in [7, 11) is 0. The van der Waals surface area contributed by atoms with Gasteiger partial charge in [0.05, 0.1) is 21.8 Å². The van der Waals surface area contributed by atoms with E-state index in [0.717, 1.165) is 10.0 Å². The standard InChI is InChI=1S/C8H6ClN3OS.C7H4ClN3O2S.CH4.ClHN12/c1-3(13)5-6-7(10-4(2)14-6)12-8(9)11-5;1-2-9-5-4(14-2)3(6(12)13)10-7(8)11-5;;1-3-5-7-9-11-13-12-10-8-6-4-2/h1-2H3;1H3,(H,12,13);1H4;2H/b;;;4-2?,5-3?,8-6+,9-7+,12-10+,13-11+. The Balaban J connectivity index is 0.000000312. The van der Waals surface area contributed by atoms with E-state index in [-0.39, 0.29) is 29.5 Å². The number of carboxylic acid groups (broad SMARTS) is 1. The highest BCUT2D eigenvalue weighted by Crippen LogP contribution is 2.25. The topological polar surface area (TPSA) is 292 Å². The number of nitrogens with zero attached hydrogens (tertiary/aromatic N) is 17. The number of hydrogen-bond acceptors (Lipinski definition) is 12. The third kappa shape index (κ3) is 11.2. The van der Waals surface area contributed by atoms with Crippen LogP contribution in [0.2, 0.25) is 10.6 Å². The number of fused-ring (bicyclic) bond motifs is 2. The molecule has 0 radical (unpaired) electrons. The molecule has 0 saturated carbocycles. The Morgan fingerprint density at radius 2 is 1.12 bits per heavy atom. The number of nitrogens with one attached hydrogen (secondary N) is 1. The molecule has 4 heterocycles. The van der Waals surface area contributed by atoms with Crippen molar-refractivity contribution in [3.8, 4) is 0 Å². The van der Waals surface area contributed by atoms with Crippen LogP contribution >= 0.6 is 57.7 Å². The van der Waals surface area contributed by atoms with E-state index in [1.807, 2.05) is 6.92 Å². The predicted octanol–water partition coefficient (Wildman–Crippen LogP) is 7.64. The lowest BCUT2D eigenvalue weighted by molar-refractivity contribution is 0.0692. The van der Waals surface area contributed by atoms with E-state index in [1.54, 1.807) is 6.92 Å². The molecular weight excluding hydrogens is 663 g/mol. The number of Topliss-reactive ketones (excluding diaryl/α,β-unsaturated/α-hetero) is 1. The van der Waals surface area contributed by atoms with Gasteiger partial charge < -0.3 is 5.11 Å². The molecule has 42 heavy (non-hydrogen) atoms. The summed E-state index contributed by atoms with van der Waals surface area (Å²) in [5.74, 6) is -1.24. The van der Waals surface area contributed by atoms with Crippen LogP contribution in [0.4, 0.5) is 0 Å². The molecule has 0 unspecified atom stereocenters. The summed E-state index contributed by atoms with van der Waals surface area (Å²) in [6, 6.07) is 0. The van der Waals surface area contributed by atoms with Crippen LogP contribution in [0.5, 0.6) is 0 Å². The van der Waals surface area contributed by atoms with Crippen molar-refractivity contribution in [2.45, 2.75) is 28.2 Å². The SMILES string of the molecule is C.CC(=O)c1nc(Cl)nc2nc(C)sc12.Cc1nc2nc(Cl)nc(C(=O)O)c2s1.N=N/N=N/N=N/N=N/N=N/N=NCl. The van der Waals surface area contributed by atoms with Gasteiger partial charge in [0, 0.05) is 6.92 Å². The monoisotopic (exact) mass is 676 g/mol. The van der Waals surface area contributed by atoms with Gasteiger partial charge in [-0.1, -0.05) is 12.1 Å². The zero-order chi connectivity index (χ0) is 30.4. The number of carboxylic acids is 1. The summed E-state index contributed by atoms with van der Waals surface area (Å²) in [5.41, 5.74) is 7.23. The van der Waals surface area contributed by atoms with Gasteiger partial charge in [-0.05, 0) is 89.3 Å². The van der Waals surface area contributed by atoms with Crippen LogP contribution < -0.4 is 0 Å². The van der Waals surface area contributed by atoms with Crippen molar-refractivity contribution >= 4 is 90.1 Å². The first kappa shape index (κ1) is 35.6. The van der Waals surface area contributed by atoms with E-state index in [4.69, 9.17) is 45.6 Å². The van der Waals surface area contributed by atoms with Crippen LogP contribution in [0.3, 0.4) is 0 Å². The fourth-order valence-electron chi connectivity index (χ4n) is 2.35. The Labute approximate surface area is 256 Å². The van der Waals surface area contributed by atoms with Crippen LogP contribution in [0.1, 0.15) is 45.3 Å². The van der Waals surface area contributed by atoms with Crippen molar-refractivity contribution in [1.82, 2.24) is 29.9 Å². The predicted molar refractivity (Wildman–Crippen MR) is 149 cm³/mol. The number of aromatic nitrogens is 6. The molecule has 0 fully saturated rings. The number of rotatable bonds is 7. The second-order valence-electron chi connectivity index (χ2n) is 6.30. The summed E-state index contributed by atoms with van der Waals surface area (Å²) >= 11 is 18.6. The minimum Gasteiger partial charge on any atom is -0.476 e. The number of aryl methyl sites for hydroxylation is 2. The number of hydrogen-bond donors (Lipinski definition) is 2. The van der Waals surface area contributed by atoms with Gasteiger partial charge in [-0.25, -0.2) is 24.7 Å². The number of ketones is 1. The molecular formula is C16H15Cl3N18O3S2. The highest BCUT2D eigenvalue weighted by molar-refractivity contribution is 7.19. The lowest BCUT2D eigenvalue weighted by atomic mass is 10.3. The fraction of sp³-hybridized carbons (Fsp3) is 0.250. The first-order valence-electron chi connectivity index (χ1n) is 9.90. The molecule has 4 rings (SSSR count). The molecule has 0 aromatic carbocycles. The second-order valence-corrected chi connectivity index (χ2v) is 9.53. The summed E-state index contributed by atoms with van der Waals surface area (Å²) < 4.78 is 3.87. The molecule has 0 bridgehead atoms. The number of halogens is 3. The van der Waals surface area contributed by atoms with Gasteiger partial charge in [0.1, 0.15) is 15.1 Å². The maximum Gasteiger partial charge on any atom is 0.356 e. The highest BCUT2D eigenvalue weighted by atomic mass is 35.5. The van der Waals surface area contributed by atoms with Crippen molar-refractivity contribution in [3.63, 3.8) is 0 Å². The zero-order valence-corrected chi connectivity index (χ0v) is 24.2. The van der Waals surface area contributed by atoms with Gasteiger partial charge in [-0.15, -0.1) is 22.7 Å². The molecule has 2 N–H and O–H groups in total. The van der Waals surface area contributed by atoms with Crippen LogP contribution in [0.25, 0.3) is 20.7 Å². The summed E-state index contributed by atoms with van der Waals surface area (Å²) in [6.07, 6.45) is 0. The molecule has 4 aromatic heterocycles. The zero-order valence-electron chi connectivity index (χ0n) is 20.3. The minimum atomic E-state index is -1.12. The van der Waals surface area contributed by atoms with Crippen molar-refractivity contribution in [3.05, 3.63) is 32.0 Å². The van der Waals surface area contributed by atoms with Crippen molar-refractivity contribution in [2.24, 2.45) is 56.9 Å². The first-order chi connectivity index (χ1) is 19.6. The average molecular weight is 678 g/mol. The maximum atomic E-state index is 11.3. The van der Waals surface area contributed by atoms with Gasteiger partial charge in [0.25, 0.3) is 0 Å². The van der Waals surface area contributed by atoms with Crippen LogP contribution in [0, 0.1) is 19.4 Å². The number of carbonyl (C=O) groups is 2. The summed E-state index contributed by atoms with van der Waals surface area (Å²) in [5, 5.41) is 38.9. The molecule has 26 heteroatoms. The van der Waals surface area contributed by atoms with Crippen LogP contribution in [-0.4, -0.2) is 46.8 Å². The van der Waals surface area contributed by atoms with E-state index < -0.39 is 5.97 Å². The smallest absolute Gasteiger partial charge is 0.356 e. The van der Waals surface area contributed by atoms with Crippen molar-refractivity contribution < 1.29 is 14.7 Å². The largest absolute Gasteiger partial charge is 0.476 e. The molecule has 0 atom stereocenters. The van der Waals surface area contributed by atoms with Crippen molar-refractivity contribution in [1.29, 1.82) is 5.53 Å². The Bertz CT molecular complexity index is 1610. The van der Waals surface area contributed by atoms with E-state index in [0.29, 0.717) is 26.4 Å². The first-order valence-corrected chi connectivity index (χ1v) is 12.6. The maximum absolute atomic E-state index is 11.3. The Kier molecular flexibility index (Phi) is 15.3. The van der Waals surface area contributed by atoms with Crippen LogP contribution in [-0.2, 0) is 0 Å². The number of thiazole rings is 2. The molecule has 0 aliphatic carbocycles. The fourth-order valence-corrected chi connectivity index (χ4v) is 4.44. The molecule has 4 aromatic rings. The highest BCUT2D eigenvalue weighted by Gasteiger charge is 2.16. The average Bonchev–Trinajstić information content (AvgIpc) is 3.47. The second kappa shape index (κ2) is 18.1. The molecule has 220 valence electrons. The van der Waals surface area contributed by atoms with Gasteiger partial charge in [-0.3, -0.25) is 4.79 Å².